The lowest BCUT2D eigenvalue weighted by molar-refractivity contribution is 1.06. The van der Waals surface area contributed by atoms with Crippen LogP contribution in [0.5, 0.6) is 0 Å². The largest absolute Gasteiger partial charge is 0.309 e. The first-order valence-corrected chi connectivity index (χ1v) is 19.3. The highest BCUT2D eigenvalue weighted by Gasteiger charge is 2.23. The molecule has 0 aliphatic heterocycles. The van der Waals surface area contributed by atoms with Gasteiger partial charge in [-0.25, -0.2) is 15.0 Å². The summed E-state index contributed by atoms with van der Waals surface area (Å²) in [5, 5.41) is 14.9. The summed E-state index contributed by atoms with van der Waals surface area (Å²) in [6.45, 7) is 0. The van der Waals surface area contributed by atoms with Crippen molar-refractivity contribution in [2.24, 2.45) is 0 Å². The van der Waals surface area contributed by atoms with Gasteiger partial charge in [0.2, 0.25) is 0 Å². The van der Waals surface area contributed by atoms with Crippen molar-refractivity contribution in [3.8, 4) is 62.7 Å². The van der Waals surface area contributed by atoms with Crippen LogP contribution in [0.25, 0.3) is 100 Å². The molecule has 11 aromatic rings. The number of nitrogens with zero attached hydrogens (tertiary/aromatic N) is 6. The fourth-order valence-corrected chi connectivity index (χ4v) is 8.51. The van der Waals surface area contributed by atoms with E-state index in [4.69, 9.17) is 15.0 Å². The summed E-state index contributed by atoms with van der Waals surface area (Å²) in [6.07, 6.45) is 0. The zero-order valence-electron chi connectivity index (χ0n) is 31.2. The molecule has 58 heavy (non-hydrogen) atoms. The molecule has 0 aliphatic carbocycles. The molecule has 0 atom stereocenters. The van der Waals surface area contributed by atoms with E-state index in [2.05, 4.69) is 130 Å². The normalized spacial score (nSPS) is 11.4. The van der Waals surface area contributed by atoms with Gasteiger partial charge in [0, 0.05) is 43.9 Å². The summed E-state index contributed by atoms with van der Waals surface area (Å²) in [5.41, 5.74) is 11.7. The Hall–Kier alpha value is -8.14. The number of para-hydroxylation sites is 3. The Morgan fingerprint density at radius 2 is 0.845 bits per heavy atom. The predicted molar refractivity (Wildman–Crippen MR) is 235 cm³/mol. The minimum atomic E-state index is 0.486. The van der Waals surface area contributed by atoms with Crippen molar-refractivity contribution >= 4 is 43.6 Å². The van der Waals surface area contributed by atoms with Gasteiger partial charge in [-0.15, -0.1) is 0 Å². The molecule has 6 heteroatoms. The van der Waals surface area contributed by atoms with Gasteiger partial charge in [0.1, 0.15) is 0 Å². The van der Waals surface area contributed by atoms with Gasteiger partial charge in [0.05, 0.1) is 39.4 Å². The van der Waals surface area contributed by atoms with E-state index in [1.54, 1.807) is 0 Å². The molecular weight excluding hydrogens is 709 g/mol. The first kappa shape index (κ1) is 33.2. The number of aromatic nitrogens is 5. The molecule has 0 saturated heterocycles. The Morgan fingerprint density at radius 1 is 0.379 bits per heavy atom. The van der Waals surface area contributed by atoms with Crippen molar-refractivity contribution in [1.29, 1.82) is 5.26 Å². The Labute approximate surface area is 334 Å². The Kier molecular flexibility index (Phi) is 7.76. The van der Waals surface area contributed by atoms with E-state index in [1.165, 1.54) is 10.8 Å². The van der Waals surface area contributed by atoms with Crippen molar-refractivity contribution in [3.63, 3.8) is 0 Å². The molecule has 0 saturated carbocycles. The SMILES string of the molecule is N#Cc1ccc(-n2c3ccccc3c3c(-c4cccc5c4c4ccccc4n5-c4ccccc4)cccc32)c(-c2nc(-c3ccccc3)nc(-c3ccccc3)n2)c1. The molecule has 3 aromatic heterocycles. The summed E-state index contributed by atoms with van der Waals surface area (Å²) in [4.78, 5) is 15.2. The average Bonchev–Trinajstić information content (AvgIpc) is 3.83. The molecular formula is C52H32N6. The van der Waals surface area contributed by atoms with Gasteiger partial charge < -0.3 is 9.13 Å². The Balaban J connectivity index is 1.20. The highest BCUT2D eigenvalue weighted by Crippen LogP contribution is 2.44. The van der Waals surface area contributed by atoms with Crippen LogP contribution in [-0.4, -0.2) is 24.1 Å². The molecule has 270 valence electrons. The van der Waals surface area contributed by atoms with Crippen LogP contribution in [0.2, 0.25) is 0 Å². The number of hydrogen-bond donors (Lipinski definition) is 0. The number of nitriles is 1. The summed E-state index contributed by atoms with van der Waals surface area (Å²) in [5.74, 6) is 1.61. The van der Waals surface area contributed by atoms with Gasteiger partial charge in [0.25, 0.3) is 0 Å². The molecule has 0 bridgehead atoms. The quantitative estimate of drug-likeness (QED) is 0.170. The maximum atomic E-state index is 10.2. The van der Waals surface area contributed by atoms with Gasteiger partial charge in [-0.2, -0.15) is 5.26 Å². The second-order valence-corrected chi connectivity index (χ2v) is 14.3. The van der Waals surface area contributed by atoms with Gasteiger partial charge in [-0.05, 0) is 65.7 Å². The van der Waals surface area contributed by atoms with Crippen molar-refractivity contribution in [2.45, 2.75) is 0 Å². The molecule has 11 rings (SSSR count). The van der Waals surface area contributed by atoms with E-state index in [-0.39, 0.29) is 0 Å². The minimum absolute atomic E-state index is 0.486. The molecule has 0 aliphatic rings. The zero-order valence-corrected chi connectivity index (χ0v) is 31.2. The van der Waals surface area contributed by atoms with Gasteiger partial charge in [-0.1, -0.05) is 140 Å². The molecule has 3 heterocycles. The highest BCUT2D eigenvalue weighted by molar-refractivity contribution is 6.22. The number of hydrogen-bond acceptors (Lipinski definition) is 4. The number of rotatable bonds is 6. The van der Waals surface area contributed by atoms with E-state index in [0.29, 0.717) is 23.0 Å². The molecule has 6 nitrogen and oxygen atoms in total. The predicted octanol–water partition coefficient (Wildman–Crippen LogP) is 12.6. The molecule has 0 amide bonds. The molecule has 0 fully saturated rings. The first-order valence-electron chi connectivity index (χ1n) is 19.3. The van der Waals surface area contributed by atoms with E-state index in [0.717, 1.165) is 72.0 Å². The third-order valence-electron chi connectivity index (χ3n) is 11.0. The fourth-order valence-electron chi connectivity index (χ4n) is 8.51. The Bertz CT molecular complexity index is 3340. The van der Waals surface area contributed by atoms with E-state index >= 15 is 0 Å². The van der Waals surface area contributed by atoms with Crippen LogP contribution in [0.4, 0.5) is 0 Å². The maximum Gasteiger partial charge on any atom is 0.166 e. The van der Waals surface area contributed by atoms with Crippen LogP contribution in [0.15, 0.2) is 194 Å². The van der Waals surface area contributed by atoms with Gasteiger partial charge >= 0.3 is 0 Å². The van der Waals surface area contributed by atoms with Crippen molar-refractivity contribution in [1.82, 2.24) is 24.1 Å². The fraction of sp³-hybridized carbons (Fsp3) is 0. The van der Waals surface area contributed by atoms with Crippen LogP contribution in [0.3, 0.4) is 0 Å². The van der Waals surface area contributed by atoms with E-state index in [1.807, 2.05) is 78.9 Å². The first-order chi connectivity index (χ1) is 28.7. The lowest BCUT2D eigenvalue weighted by Gasteiger charge is -2.15. The maximum absolute atomic E-state index is 10.2. The van der Waals surface area contributed by atoms with Crippen LogP contribution in [0.1, 0.15) is 5.56 Å². The van der Waals surface area contributed by atoms with Crippen LogP contribution < -0.4 is 0 Å². The third kappa shape index (κ3) is 5.30. The summed E-state index contributed by atoms with van der Waals surface area (Å²) in [7, 11) is 0. The van der Waals surface area contributed by atoms with Crippen molar-refractivity contribution < 1.29 is 0 Å². The smallest absolute Gasteiger partial charge is 0.166 e. The summed E-state index contributed by atoms with van der Waals surface area (Å²) >= 11 is 0. The molecule has 0 unspecified atom stereocenters. The molecule has 0 radical (unpaired) electrons. The monoisotopic (exact) mass is 740 g/mol. The Morgan fingerprint density at radius 3 is 1.41 bits per heavy atom. The topological polar surface area (TPSA) is 72.3 Å². The summed E-state index contributed by atoms with van der Waals surface area (Å²) < 4.78 is 4.66. The molecule has 8 aromatic carbocycles. The van der Waals surface area contributed by atoms with Gasteiger partial charge in [-0.3, -0.25) is 0 Å². The molecule has 0 N–H and O–H groups in total. The van der Waals surface area contributed by atoms with Gasteiger partial charge in [0.15, 0.2) is 17.5 Å². The molecule has 0 spiro atoms. The lowest BCUT2D eigenvalue weighted by atomic mass is 9.95. The number of benzene rings is 8. The van der Waals surface area contributed by atoms with E-state index < -0.39 is 0 Å². The zero-order chi connectivity index (χ0) is 38.6. The van der Waals surface area contributed by atoms with Crippen LogP contribution in [-0.2, 0) is 0 Å². The van der Waals surface area contributed by atoms with Crippen molar-refractivity contribution in [2.75, 3.05) is 0 Å². The van der Waals surface area contributed by atoms with Crippen molar-refractivity contribution in [3.05, 3.63) is 200 Å². The standard InChI is InChI=1S/C52H32N6/c53-33-34-30-31-45(42(32-34)52-55-50(35-16-4-1-5-17-35)54-51(56-52)36-18-6-2-7-19-36)58-44-27-13-11-23-41(44)49-39(25-15-29-47(49)58)38-24-14-28-46-48(38)40-22-10-12-26-43(40)57(46)37-20-8-3-9-21-37/h1-32H. The second kappa shape index (κ2) is 13.6. The second-order valence-electron chi connectivity index (χ2n) is 14.3. The number of fused-ring (bicyclic) bond motifs is 6. The van der Waals surface area contributed by atoms with E-state index in [9.17, 15) is 5.26 Å². The highest BCUT2D eigenvalue weighted by atomic mass is 15.1. The summed E-state index contributed by atoms with van der Waals surface area (Å²) in [6, 6.07) is 69.1. The third-order valence-corrected chi connectivity index (χ3v) is 11.0. The minimum Gasteiger partial charge on any atom is -0.309 e. The van der Waals surface area contributed by atoms with Crippen LogP contribution >= 0.6 is 0 Å². The average molecular weight is 741 g/mol. The van der Waals surface area contributed by atoms with Crippen LogP contribution in [0, 0.1) is 11.3 Å². The lowest BCUT2D eigenvalue weighted by Crippen LogP contribution is -2.04.